The molecular formula is C10H16N4O2S. The molecule has 0 unspecified atom stereocenters. The molecule has 0 spiro atoms. The van der Waals surface area contributed by atoms with Crippen LogP contribution >= 0.6 is 11.9 Å². The van der Waals surface area contributed by atoms with E-state index in [2.05, 4.69) is 20.0 Å². The predicted octanol–water partition coefficient (Wildman–Crippen LogP) is 1.72. The number of carbonyl (C=O) groups is 1. The first kappa shape index (κ1) is 13.7. The number of aromatic nitrogens is 2. The maximum absolute atomic E-state index is 11.4. The Labute approximate surface area is 105 Å². The highest BCUT2D eigenvalue weighted by atomic mass is 32.2. The molecule has 0 aliphatic rings. The summed E-state index contributed by atoms with van der Waals surface area (Å²) in [6.45, 7) is 4.65. The van der Waals surface area contributed by atoms with Crippen LogP contribution in [0.1, 0.15) is 18.3 Å². The zero-order valence-corrected chi connectivity index (χ0v) is 10.9. The number of aryl methyl sites for hydroxylation is 1. The minimum atomic E-state index is -0.312. The number of nitrogens with zero attached hydrogens (tertiary/aromatic N) is 2. The van der Waals surface area contributed by atoms with Crippen molar-refractivity contribution in [3.05, 3.63) is 17.6 Å². The molecule has 0 aromatic carbocycles. The summed E-state index contributed by atoms with van der Waals surface area (Å²) in [7, 11) is 0. The van der Waals surface area contributed by atoms with Crippen LogP contribution in [0.5, 0.6) is 0 Å². The van der Waals surface area contributed by atoms with E-state index in [4.69, 9.17) is 4.74 Å². The Balaban J connectivity index is 2.79. The molecule has 0 aliphatic heterocycles. The Morgan fingerprint density at radius 3 is 3.00 bits per heavy atom. The summed E-state index contributed by atoms with van der Waals surface area (Å²) >= 11 is 1.22. The van der Waals surface area contributed by atoms with Gasteiger partial charge in [-0.05, 0) is 13.8 Å². The van der Waals surface area contributed by atoms with Crippen molar-refractivity contribution in [2.24, 2.45) is 0 Å². The SMILES string of the molecule is CCOCc1cnc(C)nc1NC(=O)NSC. The van der Waals surface area contributed by atoms with Gasteiger partial charge in [0, 0.05) is 24.6 Å². The first-order valence-corrected chi connectivity index (χ1v) is 6.40. The molecule has 0 radical (unpaired) electrons. The Kier molecular flexibility index (Phi) is 5.71. The van der Waals surface area contributed by atoms with E-state index in [-0.39, 0.29) is 6.03 Å². The molecule has 0 bridgehead atoms. The molecule has 17 heavy (non-hydrogen) atoms. The predicted molar refractivity (Wildman–Crippen MR) is 67.8 cm³/mol. The molecule has 1 heterocycles. The molecule has 1 aromatic rings. The minimum Gasteiger partial charge on any atom is -0.377 e. The smallest absolute Gasteiger partial charge is 0.330 e. The zero-order chi connectivity index (χ0) is 12.7. The van der Waals surface area contributed by atoms with E-state index in [1.54, 1.807) is 19.4 Å². The lowest BCUT2D eigenvalue weighted by Crippen LogP contribution is -2.24. The average Bonchev–Trinajstić information content (AvgIpc) is 2.28. The zero-order valence-electron chi connectivity index (χ0n) is 10.1. The number of amides is 2. The first-order chi connectivity index (χ1) is 8.17. The molecule has 0 saturated carbocycles. The van der Waals surface area contributed by atoms with E-state index in [0.29, 0.717) is 24.9 Å². The quantitative estimate of drug-likeness (QED) is 0.784. The maximum atomic E-state index is 11.4. The highest BCUT2D eigenvalue weighted by Crippen LogP contribution is 2.12. The van der Waals surface area contributed by atoms with E-state index in [9.17, 15) is 4.79 Å². The summed E-state index contributed by atoms with van der Waals surface area (Å²) in [6, 6.07) is -0.312. The number of carbonyl (C=O) groups excluding carboxylic acids is 1. The van der Waals surface area contributed by atoms with Crippen LogP contribution in [-0.4, -0.2) is 28.9 Å². The fourth-order valence-corrected chi connectivity index (χ4v) is 1.38. The summed E-state index contributed by atoms with van der Waals surface area (Å²) in [5.41, 5.74) is 0.758. The first-order valence-electron chi connectivity index (χ1n) is 5.17. The van der Waals surface area contributed by atoms with Gasteiger partial charge in [-0.1, -0.05) is 11.9 Å². The molecule has 1 rings (SSSR count). The van der Waals surface area contributed by atoms with Crippen LogP contribution in [0.4, 0.5) is 10.6 Å². The van der Waals surface area contributed by atoms with Gasteiger partial charge < -0.3 is 4.74 Å². The number of anilines is 1. The molecule has 0 aliphatic carbocycles. The Hall–Kier alpha value is -1.34. The van der Waals surface area contributed by atoms with E-state index >= 15 is 0 Å². The second kappa shape index (κ2) is 7.08. The lowest BCUT2D eigenvalue weighted by Gasteiger charge is -2.10. The Bertz CT molecular complexity index is 387. The van der Waals surface area contributed by atoms with Crippen LogP contribution in [0.3, 0.4) is 0 Å². The van der Waals surface area contributed by atoms with Crippen LogP contribution in [0.15, 0.2) is 6.20 Å². The van der Waals surface area contributed by atoms with Gasteiger partial charge in [-0.3, -0.25) is 10.0 Å². The Morgan fingerprint density at radius 2 is 2.35 bits per heavy atom. The molecule has 7 heteroatoms. The largest absolute Gasteiger partial charge is 0.377 e. The molecule has 0 saturated heterocycles. The number of nitrogens with one attached hydrogen (secondary N) is 2. The average molecular weight is 256 g/mol. The second-order valence-corrected chi connectivity index (χ2v) is 3.80. The highest BCUT2D eigenvalue weighted by Gasteiger charge is 2.09. The van der Waals surface area contributed by atoms with Crippen molar-refractivity contribution < 1.29 is 9.53 Å². The van der Waals surface area contributed by atoms with Gasteiger partial charge in [0.1, 0.15) is 11.6 Å². The van der Waals surface area contributed by atoms with Gasteiger partial charge in [-0.2, -0.15) is 0 Å². The summed E-state index contributed by atoms with van der Waals surface area (Å²) in [4.78, 5) is 19.7. The number of hydrogen-bond donors (Lipinski definition) is 2. The fraction of sp³-hybridized carbons (Fsp3) is 0.500. The normalized spacial score (nSPS) is 10.1. The Morgan fingerprint density at radius 1 is 1.59 bits per heavy atom. The lowest BCUT2D eigenvalue weighted by atomic mass is 10.3. The standard InChI is InChI=1S/C10H16N4O2S/c1-4-16-6-8-5-11-7(2)12-9(8)13-10(15)14-17-3/h5H,4,6H2,1-3H3,(H2,11,12,13,14,15). The summed E-state index contributed by atoms with van der Waals surface area (Å²) in [6.07, 6.45) is 3.43. The van der Waals surface area contributed by atoms with Crippen LogP contribution in [0.2, 0.25) is 0 Å². The van der Waals surface area contributed by atoms with Crippen LogP contribution in [0, 0.1) is 6.92 Å². The van der Waals surface area contributed by atoms with Gasteiger partial charge in [-0.25, -0.2) is 14.8 Å². The van der Waals surface area contributed by atoms with Gasteiger partial charge in [0.05, 0.1) is 6.61 Å². The van der Waals surface area contributed by atoms with E-state index in [1.165, 1.54) is 11.9 Å². The van der Waals surface area contributed by atoms with Gasteiger partial charge in [0.15, 0.2) is 0 Å². The van der Waals surface area contributed by atoms with Gasteiger partial charge in [-0.15, -0.1) is 0 Å². The minimum absolute atomic E-state index is 0.312. The third kappa shape index (κ3) is 4.58. The maximum Gasteiger partial charge on any atom is 0.330 e. The number of ether oxygens (including phenoxy) is 1. The molecule has 6 nitrogen and oxygen atoms in total. The summed E-state index contributed by atoms with van der Waals surface area (Å²) in [5, 5.41) is 2.66. The molecule has 0 atom stereocenters. The van der Waals surface area contributed by atoms with Crippen LogP contribution < -0.4 is 10.0 Å². The molecular weight excluding hydrogens is 240 g/mol. The van der Waals surface area contributed by atoms with E-state index in [1.807, 2.05) is 6.92 Å². The highest BCUT2D eigenvalue weighted by molar-refractivity contribution is 7.97. The summed E-state index contributed by atoms with van der Waals surface area (Å²) < 4.78 is 7.85. The van der Waals surface area contributed by atoms with Gasteiger partial charge >= 0.3 is 6.03 Å². The van der Waals surface area contributed by atoms with E-state index in [0.717, 1.165) is 5.56 Å². The van der Waals surface area contributed by atoms with Crippen molar-refractivity contribution in [1.29, 1.82) is 0 Å². The van der Waals surface area contributed by atoms with Gasteiger partial charge in [0.2, 0.25) is 0 Å². The van der Waals surface area contributed by atoms with E-state index < -0.39 is 0 Å². The lowest BCUT2D eigenvalue weighted by molar-refractivity contribution is 0.134. The van der Waals surface area contributed by atoms with Crippen molar-refractivity contribution in [3.63, 3.8) is 0 Å². The number of hydrogen-bond acceptors (Lipinski definition) is 5. The van der Waals surface area contributed by atoms with Crippen LogP contribution in [-0.2, 0) is 11.3 Å². The van der Waals surface area contributed by atoms with Gasteiger partial charge in [0.25, 0.3) is 0 Å². The van der Waals surface area contributed by atoms with Crippen molar-refractivity contribution in [3.8, 4) is 0 Å². The summed E-state index contributed by atoms with van der Waals surface area (Å²) in [5.74, 6) is 1.09. The number of urea groups is 1. The van der Waals surface area contributed by atoms with Crippen molar-refractivity contribution >= 4 is 23.8 Å². The molecule has 2 amide bonds. The second-order valence-electron chi connectivity index (χ2n) is 3.19. The fourth-order valence-electron chi connectivity index (χ4n) is 1.15. The molecule has 94 valence electrons. The van der Waals surface area contributed by atoms with Crippen molar-refractivity contribution in [1.82, 2.24) is 14.7 Å². The van der Waals surface area contributed by atoms with Crippen molar-refractivity contribution in [2.75, 3.05) is 18.2 Å². The topological polar surface area (TPSA) is 76.1 Å². The molecule has 2 N–H and O–H groups in total. The van der Waals surface area contributed by atoms with Crippen molar-refractivity contribution in [2.45, 2.75) is 20.5 Å². The third-order valence-electron chi connectivity index (χ3n) is 1.87. The monoisotopic (exact) mass is 256 g/mol. The third-order valence-corrected chi connectivity index (χ3v) is 2.26. The molecule has 0 fully saturated rings. The van der Waals surface area contributed by atoms with Crippen LogP contribution in [0.25, 0.3) is 0 Å². The molecule has 1 aromatic heterocycles. The number of rotatable bonds is 5.